The first-order chi connectivity index (χ1) is 9.90. The highest BCUT2D eigenvalue weighted by molar-refractivity contribution is 5.94. The van der Waals surface area contributed by atoms with Crippen LogP contribution >= 0.6 is 0 Å². The van der Waals surface area contributed by atoms with Gasteiger partial charge in [-0.1, -0.05) is 6.92 Å². The zero-order valence-electron chi connectivity index (χ0n) is 12.7. The maximum Gasteiger partial charge on any atom is 0.252 e. The Morgan fingerprint density at radius 1 is 1.48 bits per heavy atom. The van der Waals surface area contributed by atoms with Crippen LogP contribution in [0.1, 0.15) is 47.2 Å². The molecule has 6 heteroatoms. The van der Waals surface area contributed by atoms with E-state index in [1.807, 2.05) is 34.0 Å². The van der Waals surface area contributed by atoms with E-state index in [-0.39, 0.29) is 17.5 Å². The topological polar surface area (TPSA) is 79.8 Å². The third kappa shape index (κ3) is 3.39. The maximum atomic E-state index is 12.3. The molecular weight excluding hydrogens is 268 g/mol. The molecule has 2 rings (SSSR count). The Balaban J connectivity index is 2.20. The quantitative estimate of drug-likeness (QED) is 0.894. The van der Waals surface area contributed by atoms with Gasteiger partial charge in [0.05, 0.1) is 11.7 Å². The highest BCUT2D eigenvalue weighted by atomic mass is 16.2. The second-order valence-electron chi connectivity index (χ2n) is 5.15. The predicted octanol–water partition coefficient (Wildman–Crippen LogP) is 1.47. The standard InChI is InChI=1S/C15H20N4O2/c1-5-12-6-11(7-14(20)17-12)15(21)16-9(2)13-8-19(4)18-10(13)3/h6-9H,5H2,1-4H3,(H,16,21)(H,17,20). The Hall–Kier alpha value is -2.37. The van der Waals surface area contributed by atoms with E-state index in [1.165, 1.54) is 6.07 Å². The van der Waals surface area contributed by atoms with Crippen molar-refractivity contribution in [2.45, 2.75) is 33.2 Å². The summed E-state index contributed by atoms with van der Waals surface area (Å²) in [5.74, 6) is -0.258. The second-order valence-corrected chi connectivity index (χ2v) is 5.15. The lowest BCUT2D eigenvalue weighted by Gasteiger charge is -2.13. The van der Waals surface area contributed by atoms with Gasteiger partial charge in [0.15, 0.2) is 0 Å². The lowest BCUT2D eigenvalue weighted by atomic mass is 10.1. The first-order valence-corrected chi connectivity index (χ1v) is 6.95. The fourth-order valence-corrected chi connectivity index (χ4v) is 2.32. The van der Waals surface area contributed by atoms with Crippen molar-refractivity contribution < 1.29 is 4.79 Å². The molecule has 0 aliphatic heterocycles. The number of H-pyrrole nitrogens is 1. The minimum absolute atomic E-state index is 0.171. The van der Waals surface area contributed by atoms with Gasteiger partial charge < -0.3 is 10.3 Å². The Morgan fingerprint density at radius 2 is 2.19 bits per heavy atom. The van der Waals surface area contributed by atoms with E-state index in [0.717, 1.165) is 17.0 Å². The summed E-state index contributed by atoms with van der Waals surface area (Å²) in [7, 11) is 1.84. The SMILES string of the molecule is CCc1cc(C(=O)NC(C)c2cn(C)nc2C)cc(=O)[nH]1. The summed E-state index contributed by atoms with van der Waals surface area (Å²) in [6.45, 7) is 5.73. The Labute approximate surface area is 123 Å². The summed E-state index contributed by atoms with van der Waals surface area (Å²) in [6.07, 6.45) is 2.56. The van der Waals surface area contributed by atoms with Crippen molar-refractivity contribution in [3.63, 3.8) is 0 Å². The number of carbonyl (C=O) groups excluding carboxylic acids is 1. The fourth-order valence-electron chi connectivity index (χ4n) is 2.32. The van der Waals surface area contributed by atoms with Crippen molar-refractivity contribution in [3.8, 4) is 0 Å². The summed E-state index contributed by atoms with van der Waals surface area (Å²) in [5, 5.41) is 7.16. The van der Waals surface area contributed by atoms with Gasteiger partial charge in [-0.15, -0.1) is 0 Å². The molecule has 1 unspecified atom stereocenters. The summed E-state index contributed by atoms with van der Waals surface area (Å²) >= 11 is 0. The molecule has 0 aliphatic rings. The predicted molar refractivity (Wildman–Crippen MR) is 80.3 cm³/mol. The van der Waals surface area contributed by atoms with Crippen LogP contribution in [0.4, 0.5) is 0 Å². The number of aromatic amines is 1. The number of aryl methyl sites for hydroxylation is 3. The van der Waals surface area contributed by atoms with E-state index in [9.17, 15) is 9.59 Å². The van der Waals surface area contributed by atoms with Gasteiger partial charge in [-0.3, -0.25) is 14.3 Å². The van der Waals surface area contributed by atoms with Gasteiger partial charge >= 0.3 is 0 Å². The van der Waals surface area contributed by atoms with Crippen molar-refractivity contribution in [3.05, 3.63) is 51.2 Å². The van der Waals surface area contributed by atoms with Crippen LogP contribution in [0.25, 0.3) is 0 Å². The lowest BCUT2D eigenvalue weighted by Crippen LogP contribution is -2.28. The van der Waals surface area contributed by atoms with E-state index in [1.54, 1.807) is 10.7 Å². The maximum absolute atomic E-state index is 12.3. The molecule has 1 amide bonds. The number of amides is 1. The summed E-state index contributed by atoms with van der Waals surface area (Å²) in [4.78, 5) is 26.5. The zero-order valence-corrected chi connectivity index (χ0v) is 12.7. The molecule has 0 radical (unpaired) electrons. The number of nitrogens with one attached hydrogen (secondary N) is 2. The van der Waals surface area contributed by atoms with Gasteiger partial charge in [0.2, 0.25) is 5.56 Å². The molecule has 2 N–H and O–H groups in total. The second kappa shape index (κ2) is 5.95. The molecule has 112 valence electrons. The van der Waals surface area contributed by atoms with Crippen LogP contribution < -0.4 is 10.9 Å². The molecule has 0 aliphatic carbocycles. The molecule has 2 aromatic heterocycles. The van der Waals surface area contributed by atoms with Crippen LogP contribution in [-0.2, 0) is 13.5 Å². The van der Waals surface area contributed by atoms with Gasteiger partial charge in [-0.2, -0.15) is 5.10 Å². The van der Waals surface area contributed by atoms with Crippen LogP contribution in [0.2, 0.25) is 0 Å². The Bertz CT molecular complexity index is 715. The molecule has 0 saturated heterocycles. The van der Waals surface area contributed by atoms with Crippen LogP contribution in [0.5, 0.6) is 0 Å². The normalized spacial score (nSPS) is 12.2. The molecule has 0 spiro atoms. The number of hydrogen-bond donors (Lipinski definition) is 2. The van der Waals surface area contributed by atoms with E-state index in [4.69, 9.17) is 0 Å². The molecule has 1 atom stereocenters. The summed E-state index contributed by atoms with van der Waals surface area (Å²) in [5.41, 5.74) is 2.71. The van der Waals surface area contributed by atoms with E-state index in [2.05, 4.69) is 15.4 Å². The van der Waals surface area contributed by atoms with Crippen molar-refractivity contribution >= 4 is 5.91 Å². The third-order valence-corrected chi connectivity index (χ3v) is 3.41. The summed E-state index contributed by atoms with van der Waals surface area (Å²) < 4.78 is 1.72. The van der Waals surface area contributed by atoms with Gasteiger partial charge in [0, 0.05) is 36.1 Å². The molecule has 0 aromatic carbocycles. The van der Waals surface area contributed by atoms with Crippen molar-refractivity contribution in [1.82, 2.24) is 20.1 Å². The zero-order chi connectivity index (χ0) is 15.6. The van der Waals surface area contributed by atoms with Crippen LogP contribution in [-0.4, -0.2) is 20.7 Å². The minimum Gasteiger partial charge on any atom is -0.345 e. The van der Waals surface area contributed by atoms with Crippen molar-refractivity contribution in [2.24, 2.45) is 7.05 Å². The number of nitrogens with zero attached hydrogens (tertiary/aromatic N) is 2. The van der Waals surface area contributed by atoms with Crippen molar-refractivity contribution in [2.75, 3.05) is 0 Å². The number of hydrogen-bond acceptors (Lipinski definition) is 3. The molecule has 6 nitrogen and oxygen atoms in total. The van der Waals surface area contributed by atoms with Crippen LogP contribution in [0.3, 0.4) is 0 Å². The number of rotatable bonds is 4. The lowest BCUT2D eigenvalue weighted by molar-refractivity contribution is 0.0939. The molecule has 2 aromatic rings. The Morgan fingerprint density at radius 3 is 2.76 bits per heavy atom. The van der Waals surface area contributed by atoms with E-state index >= 15 is 0 Å². The smallest absolute Gasteiger partial charge is 0.252 e. The van der Waals surface area contributed by atoms with Gasteiger partial charge in [-0.25, -0.2) is 0 Å². The van der Waals surface area contributed by atoms with E-state index in [0.29, 0.717) is 12.0 Å². The Kier molecular flexibility index (Phi) is 4.26. The molecule has 21 heavy (non-hydrogen) atoms. The summed E-state index contributed by atoms with van der Waals surface area (Å²) in [6, 6.07) is 2.85. The van der Waals surface area contributed by atoms with Gasteiger partial charge in [-0.05, 0) is 26.3 Å². The van der Waals surface area contributed by atoms with Gasteiger partial charge in [0.1, 0.15) is 0 Å². The first kappa shape index (κ1) is 15.0. The molecule has 0 bridgehead atoms. The minimum atomic E-state index is -0.260. The average Bonchev–Trinajstić information content (AvgIpc) is 2.76. The monoisotopic (exact) mass is 288 g/mol. The first-order valence-electron chi connectivity index (χ1n) is 6.95. The number of aromatic nitrogens is 3. The van der Waals surface area contributed by atoms with Crippen LogP contribution in [0, 0.1) is 6.92 Å². The molecular formula is C15H20N4O2. The molecule has 0 saturated carbocycles. The molecule has 2 heterocycles. The largest absolute Gasteiger partial charge is 0.345 e. The van der Waals surface area contributed by atoms with Crippen molar-refractivity contribution in [1.29, 1.82) is 0 Å². The van der Waals surface area contributed by atoms with Gasteiger partial charge in [0.25, 0.3) is 5.91 Å². The highest BCUT2D eigenvalue weighted by Gasteiger charge is 2.16. The average molecular weight is 288 g/mol. The highest BCUT2D eigenvalue weighted by Crippen LogP contribution is 2.16. The number of carbonyl (C=O) groups is 1. The molecule has 0 fully saturated rings. The van der Waals surface area contributed by atoms with E-state index < -0.39 is 0 Å². The fraction of sp³-hybridized carbons (Fsp3) is 0.400. The third-order valence-electron chi connectivity index (χ3n) is 3.41. The number of pyridine rings is 1. The van der Waals surface area contributed by atoms with Crippen LogP contribution in [0.15, 0.2) is 23.1 Å².